The number of nitrogens with one attached hydrogen (secondary N) is 1. The first kappa shape index (κ1) is 16.1. The number of furan rings is 1. The first-order valence-electron chi connectivity index (χ1n) is 9.25. The van der Waals surface area contributed by atoms with E-state index in [-0.39, 0.29) is 23.7 Å². The number of para-hydroxylation sites is 1. The molecule has 3 aromatic rings. The van der Waals surface area contributed by atoms with E-state index in [2.05, 4.69) is 10.4 Å². The zero-order valence-corrected chi connectivity index (χ0v) is 14.7. The average Bonchev–Trinajstić information content (AvgIpc) is 3.11. The number of Topliss-reactive ketones (excluding diaryl/α,β-unsaturated/α-hetero) is 1. The molecule has 1 fully saturated rings. The zero-order chi connectivity index (χ0) is 18.4. The number of benzene rings is 1. The summed E-state index contributed by atoms with van der Waals surface area (Å²) >= 11 is 0. The van der Waals surface area contributed by atoms with E-state index in [1.807, 2.05) is 47.4 Å². The van der Waals surface area contributed by atoms with Gasteiger partial charge in [0, 0.05) is 31.0 Å². The first-order valence-corrected chi connectivity index (χ1v) is 9.25. The second-order valence-electron chi connectivity index (χ2n) is 7.20. The Morgan fingerprint density at radius 2 is 2.07 bits per heavy atom. The number of carbonyl (C=O) groups excluding carboxylic acids is 2. The minimum absolute atomic E-state index is 0.00614. The van der Waals surface area contributed by atoms with Crippen LogP contribution in [0, 0.1) is 0 Å². The van der Waals surface area contributed by atoms with Crippen molar-refractivity contribution in [3.05, 3.63) is 71.4 Å². The number of fused-ring (bicyclic) bond motifs is 1. The minimum Gasteiger partial charge on any atom is -0.468 e. The highest BCUT2D eigenvalue weighted by Crippen LogP contribution is 2.41. The van der Waals surface area contributed by atoms with Gasteiger partial charge in [-0.25, -0.2) is 4.68 Å². The molecule has 1 amide bonds. The van der Waals surface area contributed by atoms with Crippen LogP contribution in [0.5, 0.6) is 0 Å². The Kier molecular flexibility index (Phi) is 3.70. The van der Waals surface area contributed by atoms with E-state index in [4.69, 9.17) is 4.42 Å². The van der Waals surface area contributed by atoms with Crippen molar-refractivity contribution < 1.29 is 14.0 Å². The van der Waals surface area contributed by atoms with E-state index in [0.29, 0.717) is 23.3 Å². The Morgan fingerprint density at radius 3 is 2.93 bits per heavy atom. The fourth-order valence-corrected chi connectivity index (χ4v) is 3.81. The highest BCUT2D eigenvalue weighted by molar-refractivity contribution is 6.09. The normalized spacial score (nSPS) is 21.0. The molecule has 1 aromatic carbocycles. The van der Waals surface area contributed by atoms with Gasteiger partial charge >= 0.3 is 0 Å². The molecule has 27 heavy (non-hydrogen) atoms. The maximum Gasteiger partial charge on any atom is 0.255 e. The quantitative estimate of drug-likeness (QED) is 0.774. The molecular formula is C21H19N3O3. The SMILES string of the molecule is O=C(N[C@@H]1C[C@H]1c1cnn(-c2ccccc2)c1)c1coc2c1C(=O)CCC2. The van der Waals surface area contributed by atoms with Crippen molar-refractivity contribution in [1.82, 2.24) is 15.1 Å². The Hall–Kier alpha value is -3.15. The summed E-state index contributed by atoms with van der Waals surface area (Å²) in [5, 5.41) is 7.46. The van der Waals surface area contributed by atoms with Crippen LogP contribution in [-0.4, -0.2) is 27.5 Å². The summed E-state index contributed by atoms with van der Waals surface area (Å²) in [4.78, 5) is 24.8. The first-order chi connectivity index (χ1) is 13.2. The highest BCUT2D eigenvalue weighted by Gasteiger charge is 2.41. The average molecular weight is 361 g/mol. The lowest BCUT2D eigenvalue weighted by Crippen LogP contribution is -2.28. The van der Waals surface area contributed by atoms with Crippen molar-refractivity contribution in [3.8, 4) is 5.69 Å². The molecule has 2 heterocycles. The predicted octanol–water partition coefficient (Wildman–Crippen LogP) is 3.27. The number of hydrogen-bond donors (Lipinski definition) is 1. The minimum atomic E-state index is -0.224. The molecule has 2 aromatic heterocycles. The van der Waals surface area contributed by atoms with Crippen molar-refractivity contribution >= 4 is 11.7 Å². The summed E-state index contributed by atoms with van der Waals surface area (Å²) in [6.45, 7) is 0. The molecule has 6 nitrogen and oxygen atoms in total. The Labute approximate surface area is 156 Å². The molecule has 1 saturated carbocycles. The third kappa shape index (κ3) is 2.87. The van der Waals surface area contributed by atoms with Crippen LogP contribution in [0.15, 0.2) is 53.4 Å². The van der Waals surface area contributed by atoms with E-state index < -0.39 is 0 Å². The number of rotatable bonds is 4. The van der Waals surface area contributed by atoms with Crippen molar-refractivity contribution in [2.24, 2.45) is 0 Å². The summed E-state index contributed by atoms with van der Waals surface area (Å²) in [7, 11) is 0. The fraction of sp³-hybridized carbons (Fsp3) is 0.286. The molecule has 0 unspecified atom stereocenters. The van der Waals surface area contributed by atoms with Gasteiger partial charge in [-0.1, -0.05) is 18.2 Å². The molecule has 6 heteroatoms. The van der Waals surface area contributed by atoms with Gasteiger partial charge in [-0.2, -0.15) is 5.10 Å². The highest BCUT2D eigenvalue weighted by atomic mass is 16.3. The second kappa shape index (κ2) is 6.23. The van der Waals surface area contributed by atoms with Crippen molar-refractivity contribution in [1.29, 1.82) is 0 Å². The van der Waals surface area contributed by atoms with Gasteiger partial charge in [0.2, 0.25) is 0 Å². The van der Waals surface area contributed by atoms with Gasteiger partial charge in [0.15, 0.2) is 5.78 Å². The molecular weight excluding hydrogens is 342 g/mol. The van der Waals surface area contributed by atoms with Crippen LogP contribution in [-0.2, 0) is 6.42 Å². The Bertz CT molecular complexity index is 1020. The van der Waals surface area contributed by atoms with Crippen LogP contribution in [0.1, 0.15) is 57.2 Å². The number of ketones is 1. The smallest absolute Gasteiger partial charge is 0.255 e. The summed E-state index contributed by atoms with van der Waals surface area (Å²) in [6, 6.07) is 9.99. The molecule has 136 valence electrons. The lowest BCUT2D eigenvalue weighted by molar-refractivity contribution is 0.0925. The molecule has 2 atom stereocenters. The number of aryl methyl sites for hydroxylation is 1. The Morgan fingerprint density at radius 1 is 1.22 bits per heavy atom. The van der Waals surface area contributed by atoms with Crippen LogP contribution < -0.4 is 5.32 Å². The van der Waals surface area contributed by atoms with Crippen LogP contribution in [0.3, 0.4) is 0 Å². The largest absolute Gasteiger partial charge is 0.468 e. The zero-order valence-electron chi connectivity index (χ0n) is 14.7. The maximum absolute atomic E-state index is 12.6. The lowest BCUT2D eigenvalue weighted by atomic mass is 9.94. The molecule has 2 aliphatic carbocycles. The number of aromatic nitrogens is 2. The summed E-state index contributed by atoms with van der Waals surface area (Å²) in [5.74, 6) is 0.683. The standard InChI is InChI=1S/C21H19N3O3/c25-18-7-4-8-19-20(18)16(12-27-19)21(26)23-17-9-15(17)13-10-22-24(11-13)14-5-2-1-3-6-14/h1-3,5-6,10-12,15,17H,4,7-9H2,(H,23,26)/t15-,17+/m0/s1. The third-order valence-electron chi connectivity index (χ3n) is 5.36. The number of carbonyl (C=O) groups is 2. The molecule has 0 spiro atoms. The van der Waals surface area contributed by atoms with E-state index in [9.17, 15) is 9.59 Å². The van der Waals surface area contributed by atoms with Gasteiger partial charge in [-0.05, 0) is 30.5 Å². The topological polar surface area (TPSA) is 77.1 Å². The molecule has 5 rings (SSSR count). The number of amides is 1. The summed E-state index contributed by atoms with van der Waals surface area (Å²) in [6.07, 6.45) is 8.16. The van der Waals surface area contributed by atoms with Crippen molar-refractivity contribution in [2.75, 3.05) is 0 Å². The van der Waals surface area contributed by atoms with E-state index in [1.54, 1.807) is 0 Å². The van der Waals surface area contributed by atoms with Crippen LogP contribution in [0.25, 0.3) is 5.69 Å². The van der Waals surface area contributed by atoms with Gasteiger partial charge in [-0.15, -0.1) is 0 Å². The number of nitrogens with zero attached hydrogens (tertiary/aromatic N) is 2. The van der Waals surface area contributed by atoms with Crippen LogP contribution in [0.2, 0.25) is 0 Å². The second-order valence-corrected chi connectivity index (χ2v) is 7.20. The molecule has 2 aliphatic rings. The van der Waals surface area contributed by atoms with Gasteiger partial charge in [0.25, 0.3) is 5.91 Å². The fourth-order valence-electron chi connectivity index (χ4n) is 3.81. The van der Waals surface area contributed by atoms with Crippen LogP contribution in [0.4, 0.5) is 0 Å². The molecule has 1 N–H and O–H groups in total. The van der Waals surface area contributed by atoms with Crippen LogP contribution >= 0.6 is 0 Å². The monoisotopic (exact) mass is 361 g/mol. The molecule has 0 bridgehead atoms. The lowest BCUT2D eigenvalue weighted by Gasteiger charge is -2.10. The Balaban J connectivity index is 1.28. The van der Waals surface area contributed by atoms with Gasteiger partial charge in [-0.3, -0.25) is 9.59 Å². The summed E-state index contributed by atoms with van der Waals surface area (Å²) < 4.78 is 7.29. The van der Waals surface area contributed by atoms with E-state index in [1.165, 1.54) is 6.26 Å². The van der Waals surface area contributed by atoms with E-state index in [0.717, 1.165) is 30.5 Å². The molecule has 0 saturated heterocycles. The van der Waals surface area contributed by atoms with Crippen molar-refractivity contribution in [2.45, 2.75) is 37.6 Å². The van der Waals surface area contributed by atoms with Crippen molar-refractivity contribution in [3.63, 3.8) is 0 Å². The van der Waals surface area contributed by atoms with Gasteiger partial charge < -0.3 is 9.73 Å². The van der Waals surface area contributed by atoms with Gasteiger partial charge in [0.05, 0.1) is 23.0 Å². The molecule has 0 aliphatic heterocycles. The molecule has 0 radical (unpaired) electrons. The summed E-state index contributed by atoms with van der Waals surface area (Å²) in [5.41, 5.74) is 2.97. The van der Waals surface area contributed by atoms with E-state index >= 15 is 0 Å². The maximum atomic E-state index is 12.6. The third-order valence-corrected chi connectivity index (χ3v) is 5.36. The predicted molar refractivity (Wildman–Crippen MR) is 98.2 cm³/mol. The van der Waals surface area contributed by atoms with Gasteiger partial charge in [0.1, 0.15) is 12.0 Å². The number of hydrogen-bond acceptors (Lipinski definition) is 4.